The molecule has 2 rings (SSSR count). The molecule has 0 spiro atoms. The second-order valence-electron chi connectivity index (χ2n) is 5.99. The van der Waals surface area contributed by atoms with E-state index in [0.29, 0.717) is 19.7 Å². The molecule has 0 bridgehead atoms. The zero-order chi connectivity index (χ0) is 12.7. The van der Waals surface area contributed by atoms with Crippen LogP contribution >= 0.6 is 0 Å². The van der Waals surface area contributed by atoms with E-state index in [2.05, 4.69) is 0 Å². The van der Waals surface area contributed by atoms with E-state index in [1.165, 1.54) is 0 Å². The number of amides is 1. The number of hydrogen-bond acceptors (Lipinski definition) is 4. The molecule has 2 aliphatic rings. The quantitative estimate of drug-likeness (QED) is 0.746. The number of likely N-dealkylation sites (tertiary alicyclic amines) is 1. The minimum absolute atomic E-state index is 0.0416. The Morgan fingerprint density at radius 2 is 2.29 bits per heavy atom. The number of carbonyl (C=O) groups is 1. The number of rotatable bonds is 1. The van der Waals surface area contributed by atoms with Crippen LogP contribution in [0, 0.1) is 5.41 Å². The van der Waals surface area contributed by atoms with Gasteiger partial charge in [0.25, 0.3) is 0 Å². The van der Waals surface area contributed by atoms with Gasteiger partial charge < -0.3 is 19.5 Å². The molecule has 1 N–H and O–H groups in total. The molecular weight excluding hydrogens is 222 g/mol. The van der Waals surface area contributed by atoms with E-state index in [0.717, 1.165) is 6.42 Å². The van der Waals surface area contributed by atoms with Gasteiger partial charge in [-0.3, -0.25) is 0 Å². The van der Waals surface area contributed by atoms with E-state index in [9.17, 15) is 9.90 Å². The van der Waals surface area contributed by atoms with E-state index in [-0.39, 0.29) is 24.2 Å². The lowest BCUT2D eigenvalue weighted by atomic mass is 9.85. The third kappa shape index (κ3) is 2.40. The summed E-state index contributed by atoms with van der Waals surface area (Å²) in [5.74, 6) is 0. The van der Waals surface area contributed by atoms with Crippen molar-refractivity contribution in [1.82, 2.24) is 4.90 Å². The summed E-state index contributed by atoms with van der Waals surface area (Å²) in [7, 11) is 0. The van der Waals surface area contributed by atoms with Crippen molar-refractivity contribution in [3.05, 3.63) is 0 Å². The van der Waals surface area contributed by atoms with Crippen molar-refractivity contribution in [1.29, 1.82) is 0 Å². The fourth-order valence-corrected chi connectivity index (χ4v) is 2.51. The van der Waals surface area contributed by atoms with E-state index in [1.807, 2.05) is 20.8 Å². The predicted octanol–water partition coefficient (Wildman–Crippen LogP) is 1.00. The first-order chi connectivity index (χ1) is 7.86. The molecule has 2 heterocycles. The second-order valence-corrected chi connectivity index (χ2v) is 5.99. The summed E-state index contributed by atoms with van der Waals surface area (Å²) in [6, 6.07) is 0. The minimum atomic E-state index is -0.484. The normalized spacial score (nSPS) is 32.7. The fraction of sp³-hybridized carbons (Fsp3) is 0.917. The summed E-state index contributed by atoms with van der Waals surface area (Å²) in [6.07, 6.45) is 0.455. The molecule has 98 valence electrons. The Hall–Kier alpha value is -0.810. The molecule has 1 amide bonds. The molecule has 2 fully saturated rings. The number of carbonyl (C=O) groups excluding carboxylic acids is 1. The Balaban J connectivity index is 2.00. The van der Waals surface area contributed by atoms with Gasteiger partial charge in [0.05, 0.1) is 19.3 Å². The number of fused-ring (bicyclic) bond motifs is 1. The average molecular weight is 243 g/mol. The van der Waals surface area contributed by atoms with Gasteiger partial charge in [0.2, 0.25) is 0 Å². The summed E-state index contributed by atoms with van der Waals surface area (Å²) >= 11 is 0. The maximum absolute atomic E-state index is 11.9. The van der Waals surface area contributed by atoms with Gasteiger partial charge in [-0.25, -0.2) is 4.79 Å². The van der Waals surface area contributed by atoms with Crippen LogP contribution in [0.15, 0.2) is 0 Å². The van der Waals surface area contributed by atoms with Crippen molar-refractivity contribution in [2.75, 3.05) is 26.3 Å². The summed E-state index contributed by atoms with van der Waals surface area (Å²) < 4.78 is 10.9. The third-order valence-corrected chi connectivity index (χ3v) is 3.46. The van der Waals surface area contributed by atoms with Crippen molar-refractivity contribution in [2.24, 2.45) is 5.41 Å². The van der Waals surface area contributed by atoms with Crippen LogP contribution in [0.1, 0.15) is 27.2 Å². The average Bonchev–Trinajstić information content (AvgIpc) is 2.70. The van der Waals surface area contributed by atoms with Crippen LogP contribution in [-0.2, 0) is 9.47 Å². The monoisotopic (exact) mass is 243 g/mol. The highest BCUT2D eigenvalue weighted by molar-refractivity contribution is 5.68. The number of nitrogens with zero attached hydrogens (tertiary/aromatic N) is 1. The third-order valence-electron chi connectivity index (χ3n) is 3.46. The summed E-state index contributed by atoms with van der Waals surface area (Å²) in [4.78, 5) is 13.6. The number of ether oxygens (including phenoxy) is 2. The van der Waals surface area contributed by atoms with Crippen molar-refractivity contribution in [2.45, 2.75) is 38.9 Å². The summed E-state index contributed by atoms with van der Waals surface area (Å²) in [5.41, 5.74) is -0.751. The van der Waals surface area contributed by atoms with E-state index in [1.54, 1.807) is 4.90 Å². The van der Waals surface area contributed by atoms with E-state index >= 15 is 0 Å². The van der Waals surface area contributed by atoms with Crippen molar-refractivity contribution in [3.63, 3.8) is 0 Å². The predicted molar refractivity (Wildman–Crippen MR) is 61.7 cm³/mol. The van der Waals surface area contributed by atoms with Gasteiger partial charge in [-0.2, -0.15) is 0 Å². The molecule has 2 atom stereocenters. The molecule has 5 nitrogen and oxygen atoms in total. The van der Waals surface area contributed by atoms with Crippen molar-refractivity contribution in [3.8, 4) is 0 Å². The molecule has 0 aromatic rings. The molecule has 2 aliphatic heterocycles. The SMILES string of the molecule is CC(C)(C)OC(=O)N1CC2OCCC2(CO)C1. The number of aliphatic hydroxyl groups excluding tert-OH is 1. The number of aliphatic hydroxyl groups is 1. The molecule has 0 saturated carbocycles. The van der Waals surface area contributed by atoms with Crippen LogP contribution in [0.4, 0.5) is 4.79 Å². The highest BCUT2D eigenvalue weighted by Gasteiger charge is 2.52. The van der Waals surface area contributed by atoms with E-state index in [4.69, 9.17) is 9.47 Å². The summed E-state index contributed by atoms with van der Waals surface area (Å²) in [6.45, 7) is 7.34. The Morgan fingerprint density at radius 3 is 2.82 bits per heavy atom. The van der Waals surface area contributed by atoms with Crippen LogP contribution in [-0.4, -0.2) is 54.1 Å². The highest BCUT2D eigenvalue weighted by Crippen LogP contribution is 2.41. The standard InChI is InChI=1S/C12H21NO4/c1-11(2,3)17-10(15)13-6-9-12(7-13,8-14)4-5-16-9/h9,14H,4-8H2,1-3H3. The first-order valence-electron chi connectivity index (χ1n) is 6.07. The van der Waals surface area contributed by atoms with E-state index < -0.39 is 5.60 Å². The van der Waals surface area contributed by atoms with Crippen LogP contribution in [0.3, 0.4) is 0 Å². The molecular formula is C12H21NO4. The lowest BCUT2D eigenvalue weighted by Gasteiger charge is -2.26. The van der Waals surface area contributed by atoms with Crippen molar-refractivity contribution < 1.29 is 19.4 Å². The lowest BCUT2D eigenvalue weighted by Crippen LogP contribution is -2.38. The molecule has 0 radical (unpaired) electrons. The van der Waals surface area contributed by atoms with Gasteiger partial charge in [-0.05, 0) is 27.2 Å². The fourth-order valence-electron chi connectivity index (χ4n) is 2.51. The Labute approximate surface area is 102 Å². The maximum atomic E-state index is 11.9. The largest absolute Gasteiger partial charge is 0.444 e. The molecule has 0 aromatic heterocycles. The minimum Gasteiger partial charge on any atom is -0.444 e. The Bertz CT molecular complexity index is 312. The first-order valence-corrected chi connectivity index (χ1v) is 6.07. The van der Waals surface area contributed by atoms with Crippen LogP contribution in [0.2, 0.25) is 0 Å². The second kappa shape index (κ2) is 4.14. The molecule has 5 heteroatoms. The van der Waals surface area contributed by atoms with Crippen molar-refractivity contribution >= 4 is 6.09 Å². The van der Waals surface area contributed by atoms with Gasteiger partial charge in [-0.1, -0.05) is 0 Å². The Kier molecular flexibility index (Phi) is 3.08. The summed E-state index contributed by atoms with van der Waals surface area (Å²) in [5, 5.41) is 9.50. The molecule has 17 heavy (non-hydrogen) atoms. The zero-order valence-electron chi connectivity index (χ0n) is 10.7. The first kappa shape index (κ1) is 12.6. The maximum Gasteiger partial charge on any atom is 0.410 e. The van der Waals surface area contributed by atoms with Gasteiger partial charge in [0.1, 0.15) is 5.60 Å². The van der Waals surface area contributed by atoms with Crippen LogP contribution < -0.4 is 0 Å². The van der Waals surface area contributed by atoms with Crippen LogP contribution in [0.25, 0.3) is 0 Å². The molecule has 0 aliphatic carbocycles. The van der Waals surface area contributed by atoms with Gasteiger partial charge in [-0.15, -0.1) is 0 Å². The lowest BCUT2D eigenvalue weighted by molar-refractivity contribution is 0.0234. The topological polar surface area (TPSA) is 59.0 Å². The van der Waals surface area contributed by atoms with Gasteiger partial charge in [0.15, 0.2) is 0 Å². The molecule has 0 aromatic carbocycles. The van der Waals surface area contributed by atoms with Gasteiger partial charge >= 0.3 is 6.09 Å². The van der Waals surface area contributed by atoms with Crippen LogP contribution in [0.5, 0.6) is 0 Å². The zero-order valence-corrected chi connectivity index (χ0v) is 10.7. The molecule has 2 saturated heterocycles. The highest BCUT2D eigenvalue weighted by atomic mass is 16.6. The number of hydrogen-bond donors (Lipinski definition) is 1. The smallest absolute Gasteiger partial charge is 0.410 e. The Morgan fingerprint density at radius 1 is 1.59 bits per heavy atom. The van der Waals surface area contributed by atoms with Gasteiger partial charge in [0, 0.05) is 18.6 Å². The molecule has 2 unspecified atom stereocenters.